The Labute approximate surface area is 152 Å². The van der Waals surface area contributed by atoms with Crippen LogP contribution in [0.4, 0.5) is 5.69 Å². The highest BCUT2D eigenvalue weighted by Crippen LogP contribution is 2.19. The number of nitrogens with zero attached hydrogens (tertiary/aromatic N) is 2. The van der Waals surface area contributed by atoms with Crippen molar-refractivity contribution in [1.82, 2.24) is 9.88 Å². The van der Waals surface area contributed by atoms with Gasteiger partial charge in [0.2, 0.25) is 6.33 Å². The maximum Gasteiger partial charge on any atom is 0.266 e. The molecule has 0 spiro atoms. The molecule has 6 nitrogen and oxygen atoms in total. The molecule has 2 rings (SSSR count). The van der Waals surface area contributed by atoms with Crippen LogP contribution in [0.25, 0.3) is 0 Å². The van der Waals surface area contributed by atoms with Gasteiger partial charge in [0, 0.05) is 12.2 Å². The van der Waals surface area contributed by atoms with Crippen LogP contribution in [0.15, 0.2) is 36.9 Å². The van der Waals surface area contributed by atoms with Crippen molar-refractivity contribution in [3.63, 3.8) is 0 Å². The summed E-state index contributed by atoms with van der Waals surface area (Å²) in [4.78, 5) is 23.7. The number of aryl methyl sites for hydroxylation is 2. The number of hydrogen-bond donors (Lipinski definition) is 2. The second-order valence-electron chi connectivity index (χ2n) is 5.53. The van der Waals surface area contributed by atoms with E-state index in [-0.39, 0.29) is 41.9 Å². The van der Waals surface area contributed by atoms with Crippen LogP contribution in [0.5, 0.6) is 0 Å². The zero-order valence-electron chi connectivity index (χ0n) is 14.2. The van der Waals surface area contributed by atoms with Crippen LogP contribution < -0.4 is 32.2 Å². The first kappa shape index (κ1) is 19.9. The molecule has 0 saturated carbocycles. The number of carbonyl (C=O) groups is 2. The predicted molar refractivity (Wildman–Crippen MR) is 87.9 cm³/mol. The van der Waals surface area contributed by atoms with Gasteiger partial charge in [-0.3, -0.25) is 9.59 Å². The van der Waals surface area contributed by atoms with Crippen LogP contribution in [-0.4, -0.2) is 22.9 Å². The average molecular weight is 395 g/mol. The Balaban J connectivity index is 0.00000288. The zero-order chi connectivity index (χ0) is 16.8. The SMILES string of the molecule is CCNC(=O)Cn1cc[n+](CC(=O)Nc2c(C)cccc2C)c1.[Br-]. The molecule has 0 aliphatic rings. The smallest absolute Gasteiger partial charge is 0.266 e. The van der Waals surface area contributed by atoms with Gasteiger partial charge in [0.05, 0.1) is 0 Å². The molecule has 0 unspecified atom stereocenters. The van der Waals surface area contributed by atoms with Crippen molar-refractivity contribution in [3.8, 4) is 0 Å². The molecule has 0 fully saturated rings. The maximum absolute atomic E-state index is 12.2. The number of likely N-dealkylation sites (N-methyl/N-ethyl adjacent to an activating group) is 1. The van der Waals surface area contributed by atoms with Crippen LogP contribution >= 0.6 is 0 Å². The van der Waals surface area contributed by atoms with Crippen molar-refractivity contribution in [2.45, 2.75) is 33.9 Å². The molecule has 130 valence electrons. The Morgan fingerprint density at radius 3 is 2.46 bits per heavy atom. The van der Waals surface area contributed by atoms with E-state index in [1.165, 1.54) is 0 Å². The molecule has 0 aliphatic carbocycles. The van der Waals surface area contributed by atoms with E-state index in [4.69, 9.17) is 0 Å². The average Bonchev–Trinajstić information content (AvgIpc) is 2.90. The van der Waals surface area contributed by atoms with Gasteiger partial charge in [-0.25, -0.2) is 9.13 Å². The molecule has 2 N–H and O–H groups in total. The quantitative estimate of drug-likeness (QED) is 0.566. The molecule has 2 amide bonds. The zero-order valence-corrected chi connectivity index (χ0v) is 15.8. The number of anilines is 1. The van der Waals surface area contributed by atoms with Gasteiger partial charge >= 0.3 is 0 Å². The fourth-order valence-corrected chi connectivity index (χ4v) is 2.40. The van der Waals surface area contributed by atoms with Crippen molar-refractivity contribution in [2.24, 2.45) is 0 Å². The molecule has 1 aromatic heterocycles. The van der Waals surface area contributed by atoms with Crippen molar-refractivity contribution >= 4 is 17.5 Å². The lowest BCUT2D eigenvalue weighted by atomic mass is 10.1. The van der Waals surface area contributed by atoms with Gasteiger partial charge in [-0.2, -0.15) is 0 Å². The number of nitrogens with one attached hydrogen (secondary N) is 2. The van der Waals surface area contributed by atoms with Crippen LogP contribution in [-0.2, 0) is 22.7 Å². The first-order valence-corrected chi connectivity index (χ1v) is 7.67. The molecule has 0 aliphatic heterocycles. The number of rotatable bonds is 6. The molecule has 24 heavy (non-hydrogen) atoms. The Bertz CT molecular complexity index is 692. The van der Waals surface area contributed by atoms with E-state index in [1.54, 1.807) is 27.9 Å². The van der Waals surface area contributed by atoms with E-state index in [0.717, 1.165) is 16.8 Å². The molecule has 0 saturated heterocycles. The highest BCUT2D eigenvalue weighted by molar-refractivity contribution is 5.91. The second-order valence-corrected chi connectivity index (χ2v) is 5.53. The van der Waals surface area contributed by atoms with Gasteiger partial charge in [0.25, 0.3) is 11.8 Å². The largest absolute Gasteiger partial charge is 1.00 e. The number of halogens is 1. The molecule has 0 bridgehead atoms. The molecular formula is C17H23BrN4O2. The molecular weight excluding hydrogens is 372 g/mol. The van der Waals surface area contributed by atoms with Crippen LogP contribution in [0.1, 0.15) is 18.1 Å². The third-order valence-electron chi connectivity index (χ3n) is 3.52. The topological polar surface area (TPSA) is 67.0 Å². The summed E-state index contributed by atoms with van der Waals surface area (Å²) in [5.41, 5.74) is 2.94. The van der Waals surface area contributed by atoms with E-state index < -0.39 is 0 Å². The summed E-state index contributed by atoms with van der Waals surface area (Å²) in [6.45, 7) is 6.89. The maximum atomic E-state index is 12.2. The summed E-state index contributed by atoms with van der Waals surface area (Å²) < 4.78 is 3.50. The van der Waals surface area contributed by atoms with E-state index >= 15 is 0 Å². The van der Waals surface area contributed by atoms with Crippen molar-refractivity contribution in [2.75, 3.05) is 11.9 Å². The number of benzene rings is 1. The van der Waals surface area contributed by atoms with E-state index in [9.17, 15) is 9.59 Å². The Kier molecular flexibility index (Phi) is 7.64. The van der Waals surface area contributed by atoms with E-state index in [1.807, 2.05) is 39.0 Å². The van der Waals surface area contributed by atoms with Crippen molar-refractivity contribution < 1.29 is 31.1 Å². The summed E-state index contributed by atoms with van der Waals surface area (Å²) in [7, 11) is 0. The van der Waals surface area contributed by atoms with Gasteiger partial charge in [0.1, 0.15) is 12.4 Å². The lowest BCUT2D eigenvalue weighted by Crippen LogP contribution is -3.00. The first-order valence-electron chi connectivity index (χ1n) is 7.67. The number of aromatic nitrogens is 2. The van der Waals surface area contributed by atoms with Gasteiger partial charge in [-0.15, -0.1) is 0 Å². The van der Waals surface area contributed by atoms with Crippen LogP contribution in [0.2, 0.25) is 0 Å². The number of para-hydroxylation sites is 1. The monoisotopic (exact) mass is 394 g/mol. The Hall–Kier alpha value is -2.15. The Morgan fingerprint density at radius 1 is 1.17 bits per heavy atom. The molecule has 7 heteroatoms. The molecule has 2 aromatic rings. The normalized spacial score (nSPS) is 9.96. The molecule has 0 radical (unpaired) electrons. The minimum atomic E-state index is -0.0943. The lowest BCUT2D eigenvalue weighted by molar-refractivity contribution is -0.683. The van der Waals surface area contributed by atoms with Crippen molar-refractivity contribution in [1.29, 1.82) is 0 Å². The highest BCUT2D eigenvalue weighted by Gasteiger charge is 2.13. The van der Waals surface area contributed by atoms with Gasteiger partial charge in [0.15, 0.2) is 13.1 Å². The van der Waals surface area contributed by atoms with Gasteiger partial charge < -0.3 is 27.6 Å². The summed E-state index contributed by atoms with van der Waals surface area (Å²) >= 11 is 0. The summed E-state index contributed by atoms with van der Waals surface area (Å²) in [6, 6.07) is 5.91. The van der Waals surface area contributed by atoms with Gasteiger partial charge in [-0.05, 0) is 31.9 Å². The standard InChI is InChI=1S/C17H22N4O2.BrH/c1-4-18-15(22)10-20-8-9-21(12-20)11-16(23)19-17-13(2)6-5-7-14(17)3;/h5-9,12H,4,10-11H2,1-3H3,(H-,18,19,22,23);1H. The summed E-state index contributed by atoms with van der Waals surface area (Å²) in [6.07, 6.45) is 5.31. The van der Waals surface area contributed by atoms with E-state index in [2.05, 4.69) is 10.6 Å². The number of amides is 2. The summed E-state index contributed by atoms with van der Waals surface area (Å²) in [5, 5.41) is 5.69. The van der Waals surface area contributed by atoms with Crippen LogP contribution in [0, 0.1) is 13.8 Å². The van der Waals surface area contributed by atoms with Gasteiger partial charge in [-0.1, -0.05) is 18.2 Å². The second kappa shape index (κ2) is 9.22. The van der Waals surface area contributed by atoms with E-state index in [0.29, 0.717) is 6.54 Å². The predicted octanol–water partition coefficient (Wildman–Crippen LogP) is -1.83. The molecule has 1 aromatic carbocycles. The minimum absolute atomic E-state index is 0. The number of imidazole rings is 1. The first-order chi connectivity index (χ1) is 11.0. The fourth-order valence-electron chi connectivity index (χ4n) is 2.40. The number of carbonyl (C=O) groups excluding carboxylic acids is 2. The fraction of sp³-hybridized carbons (Fsp3) is 0.353. The summed E-state index contributed by atoms with van der Waals surface area (Å²) in [5.74, 6) is -0.140. The lowest BCUT2D eigenvalue weighted by Gasteiger charge is -2.10. The highest BCUT2D eigenvalue weighted by atomic mass is 79.9. The minimum Gasteiger partial charge on any atom is -1.00 e. The molecule has 0 atom stereocenters. The number of hydrogen-bond acceptors (Lipinski definition) is 2. The Morgan fingerprint density at radius 2 is 1.83 bits per heavy atom. The van der Waals surface area contributed by atoms with Crippen molar-refractivity contribution in [3.05, 3.63) is 48.0 Å². The molecule has 1 heterocycles. The third-order valence-corrected chi connectivity index (χ3v) is 3.52. The third kappa shape index (κ3) is 5.49. The van der Waals surface area contributed by atoms with Crippen LogP contribution in [0.3, 0.4) is 0 Å².